The third kappa shape index (κ3) is 2.45. The van der Waals surface area contributed by atoms with Gasteiger partial charge in [-0.2, -0.15) is 0 Å². The topological polar surface area (TPSA) is 107 Å². The number of ether oxygens (including phenoxy) is 1. The van der Waals surface area contributed by atoms with Crippen molar-refractivity contribution in [2.75, 3.05) is 7.11 Å². The van der Waals surface area contributed by atoms with Gasteiger partial charge in [-0.15, -0.1) is 0 Å². The molecule has 0 saturated carbocycles. The average molecular weight is 292 g/mol. The predicted molar refractivity (Wildman–Crippen MR) is 74.1 cm³/mol. The first-order valence-electron chi connectivity index (χ1n) is 6.23. The van der Waals surface area contributed by atoms with E-state index in [1.165, 1.54) is 31.4 Å². The van der Waals surface area contributed by atoms with E-state index >= 15 is 0 Å². The SMILES string of the molecule is COC1=CC(c2cc(O)c(O)cc2C)C(O)(C(=O)O)C=C1. The zero-order valence-corrected chi connectivity index (χ0v) is 11.6. The van der Waals surface area contributed by atoms with E-state index in [1.54, 1.807) is 6.92 Å². The lowest BCUT2D eigenvalue weighted by atomic mass is 9.77. The van der Waals surface area contributed by atoms with Crippen molar-refractivity contribution in [1.82, 2.24) is 0 Å². The molecule has 6 nitrogen and oxygen atoms in total. The number of carboxylic acid groups (broad SMARTS) is 1. The summed E-state index contributed by atoms with van der Waals surface area (Å²) in [5.74, 6) is -2.66. The highest BCUT2D eigenvalue weighted by atomic mass is 16.5. The molecule has 2 rings (SSSR count). The minimum absolute atomic E-state index is 0.308. The van der Waals surface area contributed by atoms with E-state index < -0.39 is 17.5 Å². The number of hydrogen-bond donors (Lipinski definition) is 4. The lowest BCUT2D eigenvalue weighted by Gasteiger charge is -2.32. The second-order valence-electron chi connectivity index (χ2n) is 4.91. The second kappa shape index (κ2) is 5.14. The predicted octanol–water partition coefficient (Wildman–Crippen LogP) is 1.41. The third-order valence-electron chi connectivity index (χ3n) is 3.58. The molecule has 0 heterocycles. The van der Waals surface area contributed by atoms with Crippen molar-refractivity contribution < 1.29 is 30.0 Å². The number of hydrogen-bond acceptors (Lipinski definition) is 5. The van der Waals surface area contributed by atoms with E-state index in [0.29, 0.717) is 16.9 Å². The molecule has 21 heavy (non-hydrogen) atoms. The molecule has 1 aromatic rings. The van der Waals surface area contributed by atoms with Crippen LogP contribution in [0.2, 0.25) is 0 Å². The van der Waals surface area contributed by atoms with Gasteiger partial charge in [0.05, 0.1) is 7.11 Å². The fourth-order valence-electron chi connectivity index (χ4n) is 2.36. The summed E-state index contributed by atoms with van der Waals surface area (Å²) in [6.07, 6.45) is 3.98. The van der Waals surface area contributed by atoms with Crippen molar-refractivity contribution in [3.05, 3.63) is 47.2 Å². The highest BCUT2D eigenvalue weighted by Crippen LogP contribution is 2.40. The monoisotopic (exact) mass is 292 g/mol. The van der Waals surface area contributed by atoms with Crippen molar-refractivity contribution in [1.29, 1.82) is 0 Å². The molecule has 1 aliphatic rings. The van der Waals surface area contributed by atoms with Crippen LogP contribution in [-0.4, -0.2) is 39.1 Å². The maximum atomic E-state index is 11.4. The van der Waals surface area contributed by atoms with E-state index in [-0.39, 0.29) is 11.5 Å². The van der Waals surface area contributed by atoms with Crippen molar-refractivity contribution in [2.24, 2.45) is 0 Å². The number of methoxy groups -OCH3 is 1. The van der Waals surface area contributed by atoms with E-state index in [2.05, 4.69) is 0 Å². The van der Waals surface area contributed by atoms with Gasteiger partial charge < -0.3 is 25.2 Å². The summed E-state index contributed by atoms with van der Waals surface area (Å²) in [5, 5.41) is 38.9. The van der Waals surface area contributed by atoms with Crippen LogP contribution >= 0.6 is 0 Å². The van der Waals surface area contributed by atoms with Gasteiger partial charge in [0, 0.05) is 5.92 Å². The lowest BCUT2D eigenvalue weighted by Crippen LogP contribution is -2.43. The van der Waals surface area contributed by atoms with Crippen molar-refractivity contribution in [3.63, 3.8) is 0 Å². The molecule has 2 unspecified atom stereocenters. The Hall–Kier alpha value is -2.47. The summed E-state index contributed by atoms with van der Waals surface area (Å²) in [7, 11) is 1.43. The molecular formula is C15H16O6. The zero-order chi connectivity index (χ0) is 15.8. The fourth-order valence-corrected chi connectivity index (χ4v) is 2.36. The summed E-state index contributed by atoms with van der Waals surface area (Å²) >= 11 is 0. The van der Waals surface area contributed by atoms with Crippen LogP contribution in [0.15, 0.2) is 36.1 Å². The van der Waals surface area contributed by atoms with E-state index in [4.69, 9.17) is 4.74 Å². The summed E-state index contributed by atoms with van der Waals surface area (Å²) in [6.45, 7) is 1.65. The van der Waals surface area contributed by atoms with Crippen LogP contribution in [0.4, 0.5) is 0 Å². The summed E-state index contributed by atoms with van der Waals surface area (Å²) < 4.78 is 5.07. The molecule has 0 amide bonds. The van der Waals surface area contributed by atoms with Gasteiger partial charge in [-0.25, -0.2) is 4.79 Å². The van der Waals surface area contributed by atoms with Gasteiger partial charge in [-0.3, -0.25) is 0 Å². The molecular weight excluding hydrogens is 276 g/mol. The van der Waals surface area contributed by atoms with Gasteiger partial charge >= 0.3 is 5.97 Å². The summed E-state index contributed by atoms with van der Waals surface area (Å²) in [5.41, 5.74) is -1.23. The number of aryl methyl sites for hydroxylation is 1. The van der Waals surface area contributed by atoms with Crippen LogP contribution in [0.3, 0.4) is 0 Å². The Bertz CT molecular complexity index is 646. The second-order valence-corrected chi connectivity index (χ2v) is 4.91. The fraction of sp³-hybridized carbons (Fsp3) is 0.267. The minimum atomic E-state index is -2.16. The molecule has 1 aliphatic carbocycles. The van der Waals surface area contributed by atoms with Gasteiger partial charge in [-0.1, -0.05) is 0 Å². The van der Waals surface area contributed by atoms with Gasteiger partial charge in [-0.05, 0) is 48.4 Å². The molecule has 112 valence electrons. The molecule has 1 aromatic carbocycles. The molecule has 0 aliphatic heterocycles. The average Bonchev–Trinajstić information content (AvgIpc) is 2.43. The van der Waals surface area contributed by atoms with Crippen LogP contribution in [0.25, 0.3) is 0 Å². The molecule has 0 fully saturated rings. The number of rotatable bonds is 3. The number of aromatic hydroxyl groups is 2. The van der Waals surface area contributed by atoms with Crippen molar-refractivity contribution >= 4 is 5.97 Å². The Morgan fingerprint density at radius 3 is 2.48 bits per heavy atom. The van der Waals surface area contributed by atoms with Gasteiger partial charge in [0.1, 0.15) is 5.76 Å². The van der Waals surface area contributed by atoms with E-state index in [9.17, 15) is 25.2 Å². The van der Waals surface area contributed by atoms with E-state index in [1.807, 2.05) is 0 Å². The number of allylic oxidation sites excluding steroid dienone is 1. The summed E-state index contributed by atoms with van der Waals surface area (Å²) in [4.78, 5) is 11.4. The van der Waals surface area contributed by atoms with Crippen LogP contribution in [0, 0.1) is 6.92 Å². The van der Waals surface area contributed by atoms with Crippen LogP contribution in [0.1, 0.15) is 17.0 Å². The quantitative estimate of drug-likeness (QED) is 0.627. The van der Waals surface area contributed by atoms with Gasteiger partial charge in [0.2, 0.25) is 0 Å². The zero-order valence-electron chi connectivity index (χ0n) is 11.6. The first-order chi connectivity index (χ1) is 9.79. The van der Waals surface area contributed by atoms with Crippen molar-refractivity contribution in [2.45, 2.75) is 18.4 Å². The number of benzene rings is 1. The van der Waals surface area contributed by atoms with Gasteiger partial charge in [0.25, 0.3) is 0 Å². The van der Waals surface area contributed by atoms with E-state index in [0.717, 1.165) is 6.08 Å². The first-order valence-corrected chi connectivity index (χ1v) is 6.23. The Labute approximate surface area is 121 Å². The minimum Gasteiger partial charge on any atom is -0.504 e. The maximum absolute atomic E-state index is 11.4. The Morgan fingerprint density at radius 1 is 1.29 bits per heavy atom. The standard InChI is InChI=1S/C15H16O6/c1-8-5-12(16)13(17)7-10(8)11-6-9(21-2)3-4-15(11,20)14(18)19/h3-7,11,16-17,20H,1-2H3,(H,18,19). The molecule has 0 aromatic heterocycles. The van der Waals surface area contributed by atoms with Crippen LogP contribution in [-0.2, 0) is 9.53 Å². The Morgan fingerprint density at radius 2 is 1.90 bits per heavy atom. The number of aliphatic hydroxyl groups is 1. The maximum Gasteiger partial charge on any atom is 0.340 e. The highest BCUT2D eigenvalue weighted by Gasteiger charge is 2.44. The molecule has 0 saturated heterocycles. The number of carbonyl (C=O) groups is 1. The molecule has 0 radical (unpaired) electrons. The number of phenols is 2. The Balaban J connectivity index is 2.62. The van der Waals surface area contributed by atoms with Gasteiger partial charge in [0.15, 0.2) is 17.1 Å². The molecule has 6 heteroatoms. The number of aliphatic carboxylic acids is 1. The Kier molecular flexibility index (Phi) is 3.65. The lowest BCUT2D eigenvalue weighted by molar-refractivity contribution is -0.154. The number of carboxylic acids is 1. The largest absolute Gasteiger partial charge is 0.504 e. The molecule has 0 bridgehead atoms. The summed E-state index contributed by atoms with van der Waals surface area (Å²) in [6, 6.07) is 2.55. The molecule has 0 spiro atoms. The normalized spacial score (nSPS) is 24.5. The van der Waals surface area contributed by atoms with Crippen LogP contribution in [0.5, 0.6) is 11.5 Å². The third-order valence-corrected chi connectivity index (χ3v) is 3.58. The van der Waals surface area contributed by atoms with Crippen molar-refractivity contribution in [3.8, 4) is 11.5 Å². The molecule has 4 N–H and O–H groups in total. The molecule has 2 atom stereocenters. The smallest absolute Gasteiger partial charge is 0.340 e. The highest BCUT2D eigenvalue weighted by molar-refractivity contribution is 5.83. The number of phenolic OH excluding ortho intramolecular Hbond substituents is 2. The first kappa shape index (κ1) is 14.9. The van der Waals surface area contributed by atoms with Crippen LogP contribution < -0.4 is 0 Å².